The molecule has 0 N–H and O–H groups in total. The highest BCUT2D eigenvalue weighted by atomic mass is 14.3. The van der Waals surface area contributed by atoms with Crippen molar-refractivity contribution >= 4 is 12.2 Å². The number of fused-ring (bicyclic) bond motifs is 2. The smallest absolute Gasteiger partial charge is 0.0308 e. The molecule has 3 aromatic carbocycles. The summed E-state index contributed by atoms with van der Waals surface area (Å²) in [4.78, 5) is 0. The van der Waals surface area contributed by atoms with Crippen LogP contribution in [0.4, 0.5) is 0 Å². The van der Waals surface area contributed by atoms with Gasteiger partial charge in [-0.05, 0) is 64.6 Å². The molecule has 0 heterocycles. The molecule has 0 fully saturated rings. The van der Waals surface area contributed by atoms with Gasteiger partial charge in [0, 0.05) is 5.92 Å². The number of hydrogen-bond donors (Lipinski definition) is 0. The number of benzene rings is 3. The molecule has 28 heavy (non-hydrogen) atoms. The molecule has 1 atom stereocenters. The van der Waals surface area contributed by atoms with Crippen LogP contribution in [0.25, 0.3) is 12.2 Å². The molecule has 0 nitrogen and oxygen atoms in total. The minimum Gasteiger partial charge on any atom is -0.0795 e. The summed E-state index contributed by atoms with van der Waals surface area (Å²) >= 11 is 0. The molecule has 1 unspecified atom stereocenters. The minimum absolute atomic E-state index is 0.419. The zero-order valence-corrected chi connectivity index (χ0v) is 16.5. The molecule has 2 aliphatic rings. The van der Waals surface area contributed by atoms with Crippen molar-refractivity contribution in [3.05, 3.63) is 117 Å². The summed E-state index contributed by atoms with van der Waals surface area (Å²) in [6.07, 6.45) is 11.4. The Balaban J connectivity index is 1.54. The molecule has 0 aliphatic heterocycles. The van der Waals surface area contributed by atoms with Gasteiger partial charge in [-0.15, -0.1) is 0 Å². The first-order chi connectivity index (χ1) is 13.8. The van der Waals surface area contributed by atoms with Crippen LogP contribution in [0.5, 0.6) is 0 Å². The molecule has 0 radical (unpaired) electrons. The lowest BCUT2D eigenvalue weighted by molar-refractivity contribution is 0.891. The molecule has 5 rings (SSSR count). The normalized spacial score (nSPS) is 16.8. The highest BCUT2D eigenvalue weighted by molar-refractivity contribution is 5.71. The second-order valence-corrected chi connectivity index (χ2v) is 7.98. The van der Waals surface area contributed by atoms with E-state index in [9.17, 15) is 0 Å². The van der Waals surface area contributed by atoms with Gasteiger partial charge in [-0.1, -0.05) is 97.5 Å². The maximum Gasteiger partial charge on any atom is 0.0308 e. The van der Waals surface area contributed by atoms with Crippen LogP contribution in [0.1, 0.15) is 58.2 Å². The van der Waals surface area contributed by atoms with Crippen LogP contribution in [-0.2, 0) is 19.3 Å². The fourth-order valence-corrected chi connectivity index (χ4v) is 4.88. The van der Waals surface area contributed by atoms with Crippen LogP contribution in [0.15, 0.2) is 78.4 Å². The first kappa shape index (κ1) is 17.3. The van der Waals surface area contributed by atoms with Crippen LogP contribution in [-0.4, -0.2) is 0 Å². The van der Waals surface area contributed by atoms with E-state index in [1.54, 1.807) is 5.57 Å². The fraction of sp³-hybridized carbons (Fsp3) is 0.214. The molecule has 2 aliphatic carbocycles. The van der Waals surface area contributed by atoms with Gasteiger partial charge in [0.05, 0.1) is 0 Å². The fourth-order valence-electron chi connectivity index (χ4n) is 4.88. The van der Waals surface area contributed by atoms with Gasteiger partial charge in [-0.25, -0.2) is 0 Å². The maximum atomic E-state index is 2.49. The Labute approximate surface area is 168 Å². The van der Waals surface area contributed by atoms with Crippen LogP contribution in [0, 0.1) is 0 Å². The molecule has 0 saturated carbocycles. The van der Waals surface area contributed by atoms with Gasteiger partial charge in [0.25, 0.3) is 0 Å². The maximum absolute atomic E-state index is 2.49. The van der Waals surface area contributed by atoms with Crippen LogP contribution >= 0.6 is 0 Å². The van der Waals surface area contributed by atoms with E-state index in [2.05, 4.69) is 91.9 Å². The molecule has 0 spiro atoms. The molecule has 138 valence electrons. The van der Waals surface area contributed by atoms with Crippen LogP contribution in [0.3, 0.4) is 0 Å². The topological polar surface area (TPSA) is 0 Å². The van der Waals surface area contributed by atoms with Crippen molar-refractivity contribution < 1.29 is 0 Å². The molecule has 0 amide bonds. The van der Waals surface area contributed by atoms with E-state index in [-0.39, 0.29) is 0 Å². The van der Waals surface area contributed by atoms with Crippen molar-refractivity contribution in [1.82, 2.24) is 0 Å². The SMILES string of the molecule is CCC1=Cc2ccccc2C1c1cc2c(c(CCc3ccccc3)c1)C=CC2. The molecular weight excluding hydrogens is 336 g/mol. The Hall–Kier alpha value is -2.86. The van der Waals surface area contributed by atoms with E-state index in [1.165, 1.54) is 38.9 Å². The van der Waals surface area contributed by atoms with Crippen LogP contribution < -0.4 is 0 Å². The minimum atomic E-state index is 0.419. The highest BCUT2D eigenvalue weighted by Gasteiger charge is 2.27. The van der Waals surface area contributed by atoms with Crippen molar-refractivity contribution in [3.63, 3.8) is 0 Å². The molecule has 3 aromatic rings. The van der Waals surface area contributed by atoms with E-state index in [0.717, 1.165) is 25.7 Å². The van der Waals surface area contributed by atoms with E-state index >= 15 is 0 Å². The molecule has 0 saturated heterocycles. The van der Waals surface area contributed by atoms with Gasteiger partial charge in [0.15, 0.2) is 0 Å². The van der Waals surface area contributed by atoms with E-state index in [0.29, 0.717) is 5.92 Å². The van der Waals surface area contributed by atoms with E-state index < -0.39 is 0 Å². The zero-order valence-electron chi connectivity index (χ0n) is 16.5. The highest BCUT2D eigenvalue weighted by Crippen LogP contribution is 2.43. The third-order valence-corrected chi connectivity index (χ3v) is 6.28. The quantitative estimate of drug-likeness (QED) is 0.459. The summed E-state index contributed by atoms with van der Waals surface area (Å²) in [5, 5.41) is 0. The Morgan fingerprint density at radius 2 is 1.71 bits per heavy atom. The second kappa shape index (κ2) is 7.28. The van der Waals surface area contributed by atoms with Crippen molar-refractivity contribution in [2.24, 2.45) is 0 Å². The molecular formula is C28H26. The van der Waals surface area contributed by atoms with Crippen molar-refractivity contribution in [2.45, 2.75) is 38.5 Å². The third kappa shape index (κ3) is 3.03. The van der Waals surface area contributed by atoms with Crippen LogP contribution in [0.2, 0.25) is 0 Å². The summed E-state index contributed by atoms with van der Waals surface area (Å²) in [6.45, 7) is 2.29. The number of rotatable bonds is 5. The molecule has 0 aromatic heterocycles. The van der Waals surface area contributed by atoms with Gasteiger partial charge in [-0.2, -0.15) is 0 Å². The summed E-state index contributed by atoms with van der Waals surface area (Å²) in [5.41, 5.74) is 11.8. The molecule has 0 heteroatoms. The van der Waals surface area contributed by atoms with Crippen molar-refractivity contribution in [1.29, 1.82) is 0 Å². The zero-order chi connectivity index (χ0) is 18.9. The van der Waals surface area contributed by atoms with E-state index in [4.69, 9.17) is 0 Å². The standard InChI is InChI=1S/C28H26/c1-2-21-17-23-11-6-7-13-27(23)28(21)25-18-22-12-8-14-26(22)24(19-25)16-15-20-9-4-3-5-10-20/h3-11,13-14,17-19,28H,2,12,15-16H2,1H3. The van der Waals surface area contributed by atoms with Gasteiger partial charge in [0.2, 0.25) is 0 Å². The predicted molar refractivity (Wildman–Crippen MR) is 120 cm³/mol. The first-order valence-corrected chi connectivity index (χ1v) is 10.5. The van der Waals surface area contributed by atoms with Crippen molar-refractivity contribution in [3.8, 4) is 0 Å². The van der Waals surface area contributed by atoms with E-state index in [1.807, 2.05) is 0 Å². The second-order valence-electron chi connectivity index (χ2n) is 7.98. The summed E-state index contributed by atoms with van der Waals surface area (Å²) in [6, 6.07) is 24.7. The predicted octanol–water partition coefficient (Wildman–Crippen LogP) is 6.98. The monoisotopic (exact) mass is 362 g/mol. The number of aryl methyl sites for hydroxylation is 2. The third-order valence-electron chi connectivity index (χ3n) is 6.28. The van der Waals surface area contributed by atoms with Gasteiger partial charge < -0.3 is 0 Å². The average molecular weight is 363 g/mol. The number of allylic oxidation sites excluding steroid dienone is 2. The van der Waals surface area contributed by atoms with Crippen molar-refractivity contribution in [2.75, 3.05) is 0 Å². The lowest BCUT2D eigenvalue weighted by atomic mass is 9.84. The summed E-state index contributed by atoms with van der Waals surface area (Å²) < 4.78 is 0. The Bertz CT molecular complexity index is 1070. The van der Waals surface area contributed by atoms with Gasteiger partial charge in [0.1, 0.15) is 0 Å². The lowest BCUT2D eigenvalue weighted by Gasteiger charge is -2.20. The largest absolute Gasteiger partial charge is 0.0795 e. The molecule has 0 bridgehead atoms. The Kier molecular flexibility index (Phi) is 4.49. The average Bonchev–Trinajstić information content (AvgIpc) is 3.36. The Morgan fingerprint density at radius 3 is 2.57 bits per heavy atom. The number of hydrogen-bond acceptors (Lipinski definition) is 0. The van der Waals surface area contributed by atoms with Gasteiger partial charge >= 0.3 is 0 Å². The summed E-state index contributed by atoms with van der Waals surface area (Å²) in [5.74, 6) is 0.419. The summed E-state index contributed by atoms with van der Waals surface area (Å²) in [7, 11) is 0. The lowest BCUT2D eigenvalue weighted by Crippen LogP contribution is -2.05. The Morgan fingerprint density at radius 1 is 0.893 bits per heavy atom. The first-order valence-electron chi connectivity index (χ1n) is 10.5. The van der Waals surface area contributed by atoms with Gasteiger partial charge in [-0.3, -0.25) is 0 Å².